The Hall–Kier alpha value is -0.0900. The summed E-state index contributed by atoms with van der Waals surface area (Å²) in [5.41, 5.74) is -0.449. The van der Waals surface area contributed by atoms with Crippen molar-refractivity contribution >= 4 is 21.9 Å². The predicted octanol–water partition coefficient (Wildman–Crippen LogP) is 2.86. The van der Waals surface area contributed by atoms with Crippen LogP contribution < -0.4 is 0 Å². The lowest BCUT2D eigenvalue weighted by Gasteiger charge is -2.41. The average molecular weight is 279 g/mol. The second-order valence-corrected chi connectivity index (χ2v) is 6.64. The van der Waals surface area contributed by atoms with Crippen LogP contribution in [0.3, 0.4) is 0 Å². The van der Waals surface area contributed by atoms with E-state index in [1.807, 2.05) is 34.6 Å². The van der Waals surface area contributed by atoms with E-state index in [4.69, 9.17) is 9.47 Å². The summed E-state index contributed by atoms with van der Waals surface area (Å²) in [5, 5.41) is 0. The van der Waals surface area contributed by atoms with Crippen molar-refractivity contribution in [3.8, 4) is 0 Å². The van der Waals surface area contributed by atoms with Crippen LogP contribution in [0.5, 0.6) is 0 Å². The fraction of sp³-hybridized carbons (Fsp3) is 0.909. The topological polar surface area (TPSA) is 35.5 Å². The van der Waals surface area contributed by atoms with Crippen molar-refractivity contribution in [3.63, 3.8) is 0 Å². The van der Waals surface area contributed by atoms with Gasteiger partial charge in [0, 0.05) is 0 Å². The number of carbonyl (C=O) groups is 1. The second-order valence-electron chi connectivity index (χ2n) is 5.66. The number of rotatable bonds is 1. The van der Waals surface area contributed by atoms with Crippen LogP contribution in [0.15, 0.2) is 0 Å². The van der Waals surface area contributed by atoms with E-state index in [9.17, 15) is 4.79 Å². The van der Waals surface area contributed by atoms with Crippen LogP contribution in [0.1, 0.15) is 41.0 Å². The molecule has 0 spiro atoms. The molecule has 1 saturated heterocycles. The quantitative estimate of drug-likeness (QED) is 0.547. The van der Waals surface area contributed by atoms with Crippen molar-refractivity contribution in [3.05, 3.63) is 0 Å². The Balaban J connectivity index is 2.76. The summed E-state index contributed by atoms with van der Waals surface area (Å²) < 4.78 is 10.9. The Labute approximate surface area is 99.6 Å². The summed E-state index contributed by atoms with van der Waals surface area (Å²) in [6.07, 6.45) is -0.0753. The molecule has 1 fully saturated rings. The molecule has 3 nitrogen and oxygen atoms in total. The van der Waals surface area contributed by atoms with Crippen molar-refractivity contribution in [2.24, 2.45) is 5.41 Å². The maximum Gasteiger partial charge on any atom is 0.308 e. The van der Waals surface area contributed by atoms with E-state index in [0.717, 1.165) is 0 Å². The van der Waals surface area contributed by atoms with Crippen LogP contribution >= 0.6 is 15.9 Å². The van der Waals surface area contributed by atoms with Crippen LogP contribution in [0.25, 0.3) is 0 Å². The first-order chi connectivity index (χ1) is 6.62. The average Bonchev–Trinajstić information content (AvgIpc) is 1.95. The molecule has 88 valence electrons. The van der Waals surface area contributed by atoms with E-state index < -0.39 is 6.29 Å². The molecule has 1 aliphatic rings. The van der Waals surface area contributed by atoms with Crippen molar-refractivity contribution in [2.45, 2.75) is 57.8 Å². The van der Waals surface area contributed by atoms with E-state index in [0.29, 0.717) is 6.42 Å². The predicted molar refractivity (Wildman–Crippen MR) is 61.8 cm³/mol. The maximum atomic E-state index is 11.4. The fourth-order valence-corrected chi connectivity index (χ4v) is 1.88. The Morgan fingerprint density at radius 3 is 2.47 bits per heavy atom. The molecule has 0 aliphatic carbocycles. The Bertz CT molecular complexity index is 255. The highest BCUT2D eigenvalue weighted by Crippen LogP contribution is 2.39. The molecular weight excluding hydrogens is 260 g/mol. The van der Waals surface area contributed by atoms with Gasteiger partial charge in [-0.2, -0.15) is 0 Å². The number of halogens is 1. The van der Waals surface area contributed by atoms with Crippen LogP contribution in [0.4, 0.5) is 0 Å². The molecule has 2 unspecified atom stereocenters. The van der Waals surface area contributed by atoms with Crippen molar-refractivity contribution in [1.82, 2.24) is 0 Å². The van der Waals surface area contributed by atoms with Gasteiger partial charge in [-0.3, -0.25) is 4.79 Å². The lowest BCUT2D eigenvalue weighted by molar-refractivity contribution is -0.221. The number of cyclic esters (lactones) is 1. The molecule has 4 heteroatoms. The van der Waals surface area contributed by atoms with Gasteiger partial charge in [0.15, 0.2) is 0 Å². The first-order valence-electron chi connectivity index (χ1n) is 5.13. The zero-order valence-electron chi connectivity index (χ0n) is 9.96. The SMILES string of the molecule is CC(C)(C)OC1OC(=O)CC(C)(C)C1Br. The Kier molecular flexibility index (Phi) is 3.51. The van der Waals surface area contributed by atoms with E-state index >= 15 is 0 Å². The number of hydrogen-bond donors (Lipinski definition) is 0. The third-order valence-electron chi connectivity index (χ3n) is 2.30. The van der Waals surface area contributed by atoms with Gasteiger partial charge in [-0.15, -0.1) is 0 Å². The number of esters is 1. The van der Waals surface area contributed by atoms with Gasteiger partial charge in [-0.1, -0.05) is 29.8 Å². The fourth-order valence-electron chi connectivity index (χ4n) is 1.50. The molecule has 0 aromatic heterocycles. The molecule has 0 N–H and O–H groups in total. The van der Waals surface area contributed by atoms with Crippen molar-refractivity contribution in [2.75, 3.05) is 0 Å². The lowest BCUT2D eigenvalue weighted by atomic mass is 9.83. The Morgan fingerprint density at radius 1 is 1.47 bits per heavy atom. The zero-order valence-corrected chi connectivity index (χ0v) is 11.6. The second kappa shape index (κ2) is 4.06. The first-order valence-corrected chi connectivity index (χ1v) is 6.05. The summed E-state index contributed by atoms with van der Waals surface area (Å²) in [4.78, 5) is 11.4. The van der Waals surface area contributed by atoms with Gasteiger partial charge in [-0.25, -0.2) is 0 Å². The van der Waals surface area contributed by atoms with Gasteiger partial charge in [0.05, 0.1) is 16.8 Å². The smallest absolute Gasteiger partial charge is 0.308 e. The third kappa shape index (κ3) is 3.45. The summed E-state index contributed by atoms with van der Waals surface area (Å²) in [5.74, 6) is -0.190. The molecule has 1 heterocycles. The molecule has 15 heavy (non-hydrogen) atoms. The number of carbonyl (C=O) groups excluding carboxylic acids is 1. The van der Waals surface area contributed by atoms with Gasteiger partial charge in [0.25, 0.3) is 0 Å². The van der Waals surface area contributed by atoms with Crippen LogP contribution in [0.2, 0.25) is 0 Å². The van der Waals surface area contributed by atoms with E-state index in [-0.39, 0.29) is 21.8 Å². The van der Waals surface area contributed by atoms with Crippen molar-refractivity contribution in [1.29, 1.82) is 0 Å². The summed E-state index contributed by atoms with van der Waals surface area (Å²) in [6.45, 7) is 9.91. The highest BCUT2D eigenvalue weighted by molar-refractivity contribution is 9.09. The minimum absolute atomic E-state index is 0.0296. The van der Waals surface area contributed by atoms with Gasteiger partial charge < -0.3 is 9.47 Å². The lowest BCUT2D eigenvalue weighted by Crippen LogP contribution is -2.48. The molecule has 0 aromatic rings. The number of ether oxygens (including phenoxy) is 2. The molecular formula is C11H19BrO3. The molecule has 0 amide bonds. The number of hydrogen-bond acceptors (Lipinski definition) is 3. The summed E-state index contributed by atoms with van der Waals surface area (Å²) in [6, 6.07) is 0. The van der Waals surface area contributed by atoms with Gasteiger partial charge >= 0.3 is 5.97 Å². The van der Waals surface area contributed by atoms with Crippen molar-refractivity contribution < 1.29 is 14.3 Å². The van der Waals surface area contributed by atoms with Gasteiger partial charge in [-0.05, 0) is 26.2 Å². The molecule has 2 atom stereocenters. The maximum absolute atomic E-state index is 11.4. The van der Waals surface area contributed by atoms with Crippen LogP contribution in [-0.4, -0.2) is 22.7 Å². The summed E-state index contributed by atoms with van der Waals surface area (Å²) in [7, 11) is 0. The zero-order chi connectivity index (χ0) is 11.9. The van der Waals surface area contributed by atoms with Gasteiger partial charge in [0.1, 0.15) is 0 Å². The monoisotopic (exact) mass is 278 g/mol. The number of alkyl halides is 1. The van der Waals surface area contributed by atoms with E-state index in [1.54, 1.807) is 0 Å². The molecule has 0 bridgehead atoms. The molecule has 1 aliphatic heterocycles. The highest BCUT2D eigenvalue weighted by Gasteiger charge is 2.44. The minimum Gasteiger partial charge on any atom is -0.434 e. The minimum atomic E-state index is -0.499. The summed E-state index contributed by atoms with van der Waals surface area (Å²) >= 11 is 3.55. The normalized spacial score (nSPS) is 31.2. The molecule has 0 aromatic carbocycles. The van der Waals surface area contributed by atoms with Crippen LogP contribution in [0, 0.1) is 5.41 Å². The standard InChI is InChI=1S/C11H19BrO3/c1-10(2,3)15-9-8(12)11(4,5)6-7(13)14-9/h8-9H,6H2,1-5H3. The first kappa shape index (κ1) is 13.0. The molecule has 0 saturated carbocycles. The van der Waals surface area contributed by atoms with Crippen LogP contribution in [-0.2, 0) is 14.3 Å². The van der Waals surface area contributed by atoms with E-state index in [1.165, 1.54) is 0 Å². The molecule has 0 radical (unpaired) electrons. The molecule has 1 rings (SSSR count). The van der Waals surface area contributed by atoms with Gasteiger partial charge in [0.2, 0.25) is 6.29 Å². The largest absolute Gasteiger partial charge is 0.434 e. The third-order valence-corrected chi connectivity index (χ3v) is 3.97. The Morgan fingerprint density at radius 2 is 2.00 bits per heavy atom. The van der Waals surface area contributed by atoms with E-state index in [2.05, 4.69) is 15.9 Å². The highest BCUT2D eigenvalue weighted by atomic mass is 79.9.